The van der Waals surface area contributed by atoms with Gasteiger partial charge in [-0.2, -0.15) is 0 Å². The number of ether oxygens (including phenoxy) is 1. The molecule has 1 aliphatic rings. The van der Waals surface area contributed by atoms with E-state index in [1.54, 1.807) is 6.26 Å². The number of hydrogen-bond donors (Lipinski definition) is 1. The summed E-state index contributed by atoms with van der Waals surface area (Å²) in [7, 11) is -0.969. The Kier molecular flexibility index (Phi) is 6.23. The lowest BCUT2D eigenvalue weighted by Gasteiger charge is -2.24. The van der Waals surface area contributed by atoms with Crippen molar-refractivity contribution in [1.82, 2.24) is 4.90 Å². The Balaban J connectivity index is 1.87. The maximum absolute atomic E-state index is 11.4. The molecule has 3 unspecified atom stereocenters. The van der Waals surface area contributed by atoms with Gasteiger partial charge in [0.15, 0.2) is 0 Å². The zero-order valence-electron chi connectivity index (χ0n) is 14.6. The first kappa shape index (κ1) is 18.4. The quantitative estimate of drug-likeness (QED) is 0.829. The van der Waals surface area contributed by atoms with Crippen LogP contribution in [-0.2, 0) is 10.8 Å². The largest absolute Gasteiger partial charge is 0.493 e. The van der Waals surface area contributed by atoms with E-state index in [1.165, 1.54) is 0 Å². The first-order valence-electron chi connectivity index (χ1n) is 8.29. The molecule has 0 aliphatic carbocycles. The van der Waals surface area contributed by atoms with Gasteiger partial charge in [-0.1, -0.05) is 13.8 Å². The number of hydrogen-bond acceptors (Lipinski definition) is 4. The van der Waals surface area contributed by atoms with E-state index < -0.39 is 16.4 Å². The number of benzene rings is 1. The second-order valence-electron chi connectivity index (χ2n) is 7.21. The Hall–Kier alpha value is -0.910. The van der Waals surface area contributed by atoms with Crippen LogP contribution in [0.5, 0.6) is 5.75 Å². The molecule has 1 aliphatic heterocycles. The molecule has 130 valence electrons. The van der Waals surface area contributed by atoms with E-state index in [1.807, 2.05) is 31.2 Å². The third-order valence-corrected chi connectivity index (χ3v) is 5.47. The van der Waals surface area contributed by atoms with Crippen molar-refractivity contribution in [3.05, 3.63) is 24.3 Å². The van der Waals surface area contributed by atoms with Crippen LogP contribution >= 0.6 is 0 Å². The zero-order chi connectivity index (χ0) is 17.0. The van der Waals surface area contributed by atoms with Crippen molar-refractivity contribution in [2.24, 2.45) is 11.8 Å². The van der Waals surface area contributed by atoms with Crippen LogP contribution in [0.3, 0.4) is 0 Å². The number of nitrogens with zero attached hydrogens (tertiary/aromatic N) is 1. The highest BCUT2D eigenvalue weighted by Crippen LogP contribution is 2.28. The normalized spacial score (nSPS) is 26.6. The van der Waals surface area contributed by atoms with E-state index in [4.69, 9.17) is 4.74 Å². The summed E-state index contributed by atoms with van der Waals surface area (Å²) >= 11 is 0. The van der Waals surface area contributed by atoms with Gasteiger partial charge in [-0.15, -0.1) is 0 Å². The third kappa shape index (κ3) is 5.30. The molecule has 4 nitrogen and oxygen atoms in total. The fraction of sp³-hybridized carbons (Fsp3) is 0.667. The van der Waals surface area contributed by atoms with Crippen LogP contribution in [0.1, 0.15) is 27.2 Å². The summed E-state index contributed by atoms with van der Waals surface area (Å²) < 4.78 is 17.2. The van der Waals surface area contributed by atoms with E-state index in [-0.39, 0.29) is 5.92 Å². The summed E-state index contributed by atoms with van der Waals surface area (Å²) in [6.45, 7) is 9.46. The van der Waals surface area contributed by atoms with Crippen LogP contribution in [0, 0.1) is 11.8 Å². The smallest absolute Gasteiger partial charge is 0.119 e. The van der Waals surface area contributed by atoms with Gasteiger partial charge in [0, 0.05) is 41.0 Å². The van der Waals surface area contributed by atoms with Crippen molar-refractivity contribution in [2.75, 3.05) is 32.5 Å². The Morgan fingerprint density at radius 3 is 2.61 bits per heavy atom. The second kappa shape index (κ2) is 7.77. The lowest BCUT2D eigenvalue weighted by molar-refractivity contribution is 0.0134. The van der Waals surface area contributed by atoms with Crippen LogP contribution in [0.2, 0.25) is 0 Å². The minimum Gasteiger partial charge on any atom is -0.493 e. The second-order valence-corrected chi connectivity index (χ2v) is 8.59. The standard InChI is InChI=1S/C18H29NO3S/c1-14(2)9-10-19-11-15(18(3,20)13-19)12-22-16-5-7-17(8-6-16)23(4)21/h5-8,14-15,20H,9-13H2,1-4H3. The summed E-state index contributed by atoms with van der Waals surface area (Å²) in [6.07, 6.45) is 2.82. The molecule has 0 aromatic heterocycles. The Labute approximate surface area is 142 Å². The first-order valence-corrected chi connectivity index (χ1v) is 9.85. The van der Waals surface area contributed by atoms with Crippen molar-refractivity contribution < 1.29 is 14.1 Å². The van der Waals surface area contributed by atoms with Gasteiger partial charge >= 0.3 is 0 Å². The van der Waals surface area contributed by atoms with Crippen LogP contribution < -0.4 is 4.74 Å². The summed E-state index contributed by atoms with van der Waals surface area (Å²) in [5, 5.41) is 10.6. The molecule has 0 radical (unpaired) electrons. The SMILES string of the molecule is CC(C)CCN1CC(COc2ccc(S(C)=O)cc2)C(C)(O)C1. The molecule has 1 saturated heterocycles. The van der Waals surface area contributed by atoms with Crippen LogP contribution in [0.15, 0.2) is 29.2 Å². The highest BCUT2D eigenvalue weighted by atomic mass is 32.2. The molecule has 5 heteroatoms. The maximum atomic E-state index is 11.4. The molecule has 1 N–H and O–H groups in total. The van der Waals surface area contributed by atoms with E-state index in [9.17, 15) is 9.32 Å². The molecule has 1 aromatic carbocycles. The molecule has 2 rings (SSSR count). The monoisotopic (exact) mass is 339 g/mol. The summed E-state index contributed by atoms with van der Waals surface area (Å²) in [6, 6.07) is 7.34. The van der Waals surface area contributed by atoms with Gasteiger partial charge in [-0.3, -0.25) is 9.11 Å². The Morgan fingerprint density at radius 1 is 1.39 bits per heavy atom. The number of β-amino-alcohol motifs (C(OH)–C–C–N with tert-alkyl or cyclic N) is 1. The highest BCUT2D eigenvalue weighted by Gasteiger charge is 2.41. The first-order chi connectivity index (χ1) is 10.8. The summed E-state index contributed by atoms with van der Waals surface area (Å²) in [5.41, 5.74) is -0.707. The van der Waals surface area contributed by atoms with Gasteiger partial charge in [0.25, 0.3) is 0 Å². The van der Waals surface area contributed by atoms with Gasteiger partial charge < -0.3 is 9.84 Å². The molecule has 3 atom stereocenters. The van der Waals surface area contributed by atoms with Crippen molar-refractivity contribution in [3.63, 3.8) is 0 Å². The molecular formula is C18H29NO3S. The molecule has 23 heavy (non-hydrogen) atoms. The van der Waals surface area contributed by atoms with Crippen molar-refractivity contribution >= 4 is 10.8 Å². The van der Waals surface area contributed by atoms with Gasteiger partial charge in [0.2, 0.25) is 0 Å². The minimum absolute atomic E-state index is 0.106. The molecule has 0 spiro atoms. The molecule has 1 aromatic rings. The van der Waals surface area contributed by atoms with Gasteiger partial charge in [-0.05, 0) is 50.1 Å². The van der Waals surface area contributed by atoms with Crippen molar-refractivity contribution in [3.8, 4) is 5.75 Å². The van der Waals surface area contributed by atoms with Gasteiger partial charge in [0.05, 0.1) is 12.2 Å². The lowest BCUT2D eigenvalue weighted by atomic mass is 9.94. The number of rotatable bonds is 7. The van der Waals surface area contributed by atoms with E-state index in [0.717, 1.165) is 30.2 Å². The van der Waals surface area contributed by atoms with Gasteiger partial charge in [0.1, 0.15) is 5.75 Å². The molecule has 1 fully saturated rings. The fourth-order valence-electron chi connectivity index (χ4n) is 2.92. The molecule has 1 heterocycles. The zero-order valence-corrected chi connectivity index (χ0v) is 15.4. The van der Waals surface area contributed by atoms with Crippen LogP contribution in [0.25, 0.3) is 0 Å². The maximum Gasteiger partial charge on any atom is 0.119 e. The average Bonchev–Trinajstić information content (AvgIpc) is 2.77. The predicted octanol–water partition coefficient (Wildman–Crippen LogP) is 2.53. The lowest BCUT2D eigenvalue weighted by Crippen LogP contribution is -2.37. The molecule has 0 saturated carbocycles. The summed E-state index contributed by atoms with van der Waals surface area (Å²) in [4.78, 5) is 3.13. The highest BCUT2D eigenvalue weighted by molar-refractivity contribution is 7.84. The van der Waals surface area contributed by atoms with E-state index in [2.05, 4.69) is 18.7 Å². The molecule has 0 amide bonds. The van der Waals surface area contributed by atoms with Crippen LogP contribution in [-0.4, -0.2) is 52.3 Å². The van der Waals surface area contributed by atoms with Gasteiger partial charge in [-0.25, -0.2) is 0 Å². The Morgan fingerprint density at radius 2 is 2.04 bits per heavy atom. The van der Waals surface area contributed by atoms with Crippen molar-refractivity contribution in [1.29, 1.82) is 0 Å². The third-order valence-electron chi connectivity index (χ3n) is 4.53. The fourth-order valence-corrected chi connectivity index (χ4v) is 3.44. The number of aliphatic hydroxyl groups is 1. The Bertz CT molecular complexity index is 528. The van der Waals surface area contributed by atoms with Crippen LogP contribution in [0.4, 0.5) is 0 Å². The predicted molar refractivity (Wildman–Crippen MR) is 94.3 cm³/mol. The van der Waals surface area contributed by atoms with Crippen molar-refractivity contribution in [2.45, 2.75) is 37.7 Å². The molecular weight excluding hydrogens is 310 g/mol. The summed E-state index contributed by atoms with van der Waals surface area (Å²) in [5.74, 6) is 1.54. The average molecular weight is 340 g/mol. The minimum atomic E-state index is -0.969. The topological polar surface area (TPSA) is 49.8 Å². The number of likely N-dealkylation sites (tertiary alicyclic amines) is 1. The van der Waals surface area contributed by atoms with E-state index in [0.29, 0.717) is 19.1 Å². The molecule has 0 bridgehead atoms. The van der Waals surface area contributed by atoms with E-state index >= 15 is 0 Å².